The summed E-state index contributed by atoms with van der Waals surface area (Å²) in [6.45, 7) is 4.35. The molecule has 2 atom stereocenters. The SMILES string of the molecule is C[C@H](N[C@H](C)c1c2ccc(c1O)CCc1ccc(cc1)CC2)c1ccccc1. The van der Waals surface area contributed by atoms with Crippen molar-refractivity contribution < 1.29 is 5.11 Å². The third-order valence-corrected chi connectivity index (χ3v) is 6.01. The molecule has 0 amide bonds. The second kappa shape index (κ2) is 8.20. The molecule has 28 heavy (non-hydrogen) atoms. The highest BCUT2D eigenvalue weighted by atomic mass is 16.3. The van der Waals surface area contributed by atoms with Gasteiger partial charge in [0, 0.05) is 17.6 Å². The summed E-state index contributed by atoms with van der Waals surface area (Å²) in [7, 11) is 0. The monoisotopic (exact) mass is 371 g/mol. The normalized spacial score (nSPS) is 15.6. The van der Waals surface area contributed by atoms with Crippen molar-refractivity contribution in [2.24, 2.45) is 0 Å². The van der Waals surface area contributed by atoms with Gasteiger partial charge in [-0.25, -0.2) is 0 Å². The van der Waals surface area contributed by atoms with E-state index >= 15 is 0 Å². The lowest BCUT2D eigenvalue weighted by Crippen LogP contribution is -2.24. The van der Waals surface area contributed by atoms with Gasteiger partial charge in [0.05, 0.1) is 0 Å². The molecule has 2 heteroatoms. The Bertz CT molecular complexity index is 931. The van der Waals surface area contributed by atoms with Crippen LogP contribution in [0.15, 0.2) is 66.7 Å². The minimum Gasteiger partial charge on any atom is -0.507 e. The summed E-state index contributed by atoms with van der Waals surface area (Å²) in [6, 6.07) is 24.1. The van der Waals surface area contributed by atoms with Crippen LogP contribution in [0, 0.1) is 0 Å². The number of aromatic hydroxyl groups is 1. The number of hydrogen-bond donors (Lipinski definition) is 2. The maximum Gasteiger partial charge on any atom is 0.123 e. The number of phenols is 1. The molecular weight excluding hydrogens is 342 g/mol. The molecule has 7 rings (SSSR count). The number of nitrogens with one attached hydrogen (secondary N) is 1. The van der Waals surface area contributed by atoms with Gasteiger partial charge in [-0.3, -0.25) is 0 Å². The number of phenolic OH excluding ortho intramolecular Hbond substituents is 1. The van der Waals surface area contributed by atoms with E-state index in [1.807, 2.05) is 6.07 Å². The molecule has 3 aromatic rings. The lowest BCUT2D eigenvalue weighted by atomic mass is 9.89. The predicted octanol–water partition coefficient (Wildman–Crippen LogP) is 5.69. The second-order valence-electron chi connectivity index (χ2n) is 7.98. The van der Waals surface area contributed by atoms with Gasteiger partial charge in [0.1, 0.15) is 5.75 Å². The fraction of sp³-hybridized carbons (Fsp3) is 0.308. The molecule has 0 unspecified atom stereocenters. The summed E-state index contributed by atoms with van der Waals surface area (Å²) >= 11 is 0. The minimum atomic E-state index is 0.0778. The molecule has 4 bridgehead atoms. The van der Waals surface area contributed by atoms with E-state index in [9.17, 15) is 5.11 Å². The Balaban J connectivity index is 1.64. The van der Waals surface area contributed by atoms with Crippen LogP contribution in [0.3, 0.4) is 0 Å². The van der Waals surface area contributed by atoms with Crippen LogP contribution < -0.4 is 5.32 Å². The van der Waals surface area contributed by atoms with Gasteiger partial charge >= 0.3 is 0 Å². The van der Waals surface area contributed by atoms with Gasteiger partial charge in [-0.15, -0.1) is 0 Å². The van der Waals surface area contributed by atoms with Crippen LogP contribution in [0.4, 0.5) is 0 Å². The van der Waals surface area contributed by atoms with Crippen LogP contribution in [0.1, 0.15) is 59.3 Å². The summed E-state index contributed by atoms with van der Waals surface area (Å²) in [4.78, 5) is 0. The van der Waals surface area contributed by atoms with Crippen molar-refractivity contribution in [1.82, 2.24) is 5.32 Å². The van der Waals surface area contributed by atoms with Crippen molar-refractivity contribution in [3.8, 4) is 5.75 Å². The van der Waals surface area contributed by atoms with Crippen molar-refractivity contribution in [2.75, 3.05) is 0 Å². The fourth-order valence-corrected chi connectivity index (χ4v) is 4.32. The lowest BCUT2D eigenvalue weighted by Gasteiger charge is -2.25. The van der Waals surface area contributed by atoms with E-state index in [1.165, 1.54) is 22.3 Å². The highest BCUT2D eigenvalue weighted by molar-refractivity contribution is 5.48. The average molecular weight is 372 g/mol. The van der Waals surface area contributed by atoms with Gasteiger partial charge < -0.3 is 10.4 Å². The van der Waals surface area contributed by atoms with Gasteiger partial charge in [0.25, 0.3) is 0 Å². The third kappa shape index (κ3) is 3.98. The molecule has 2 nitrogen and oxygen atoms in total. The molecule has 0 radical (unpaired) electrons. The first kappa shape index (κ1) is 18.8. The highest BCUT2D eigenvalue weighted by Crippen LogP contribution is 2.35. The van der Waals surface area contributed by atoms with Gasteiger partial charge in [-0.2, -0.15) is 0 Å². The standard InChI is InChI=1S/C26H29NO/c1-18(22-6-4-3-5-7-22)27-19(2)25-23-14-12-20-8-10-21(11-9-20)13-15-24(17-16-23)26(25)28/h3-11,16-19,27-28H,12-15H2,1-2H3/t18-,19+/m0/s1. The zero-order valence-corrected chi connectivity index (χ0v) is 16.8. The maximum atomic E-state index is 11.1. The Morgan fingerprint density at radius 1 is 0.679 bits per heavy atom. The van der Waals surface area contributed by atoms with Crippen molar-refractivity contribution in [3.05, 3.63) is 100 Å². The van der Waals surface area contributed by atoms with Crippen molar-refractivity contribution in [3.63, 3.8) is 0 Å². The number of benzene rings is 3. The summed E-state index contributed by atoms with van der Waals surface area (Å²) in [6.07, 6.45) is 3.75. The molecule has 0 aromatic heterocycles. The maximum absolute atomic E-state index is 11.1. The summed E-state index contributed by atoms with van der Waals surface area (Å²) in [5.41, 5.74) is 7.31. The first-order valence-corrected chi connectivity index (χ1v) is 10.3. The van der Waals surface area contributed by atoms with Gasteiger partial charge in [0.2, 0.25) is 0 Å². The van der Waals surface area contributed by atoms with E-state index in [0.29, 0.717) is 5.75 Å². The molecule has 0 fully saturated rings. The number of hydrogen-bond acceptors (Lipinski definition) is 2. The van der Waals surface area contributed by atoms with Gasteiger partial charge in [-0.05, 0) is 67.3 Å². The Labute approximate surface area is 168 Å². The largest absolute Gasteiger partial charge is 0.507 e. The Kier molecular flexibility index (Phi) is 5.50. The Morgan fingerprint density at radius 3 is 1.89 bits per heavy atom. The van der Waals surface area contributed by atoms with Crippen LogP contribution in [0.2, 0.25) is 0 Å². The molecule has 4 aliphatic rings. The van der Waals surface area contributed by atoms with E-state index in [4.69, 9.17) is 0 Å². The first-order chi connectivity index (χ1) is 13.6. The van der Waals surface area contributed by atoms with Crippen LogP contribution >= 0.6 is 0 Å². The molecule has 0 aliphatic heterocycles. The molecule has 0 spiro atoms. The van der Waals surface area contributed by atoms with Crippen molar-refractivity contribution in [2.45, 2.75) is 51.6 Å². The molecule has 3 aromatic carbocycles. The molecular formula is C26H29NO. The summed E-state index contributed by atoms with van der Waals surface area (Å²) in [5.74, 6) is 0.479. The molecule has 144 valence electrons. The van der Waals surface area contributed by atoms with Crippen LogP contribution in [-0.2, 0) is 25.7 Å². The van der Waals surface area contributed by atoms with E-state index in [1.54, 1.807) is 0 Å². The van der Waals surface area contributed by atoms with E-state index < -0.39 is 0 Å². The summed E-state index contributed by atoms with van der Waals surface area (Å²) in [5, 5.41) is 14.8. The van der Waals surface area contributed by atoms with Crippen molar-refractivity contribution >= 4 is 0 Å². The Morgan fingerprint density at radius 2 is 1.25 bits per heavy atom. The predicted molar refractivity (Wildman–Crippen MR) is 116 cm³/mol. The highest BCUT2D eigenvalue weighted by Gasteiger charge is 2.20. The smallest absolute Gasteiger partial charge is 0.123 e. The van der Waals surface area contributed by atoms with Gasteiger partial charge in [-0.1, -0.05) is 66.7 Å². The molecule has 4 aliphatic carbocycles. The fourth-order valence-electron chi connectivity index (χ4n) is 4.32. The minimum absolute atomic E-state index is 0.0778. The molecule has 0 saturated carbocycles. The molecule has 2 N–H and O–H groups in total. The quantitative estimate of drug-likeness (QED) is 0.618. The third-order valence-electron chi connectivity index (χ3n) is 6.01. The zero-order valence-electron chi connectivity index (χ0n) is 16.8. The second-order valence-corrected chi connectivity index (χ2v) is 7.98. The van der Waals surface area contributed by atoms with E-state index in [2.05, 4.69) is 79.8 Å². The molecule has 0 heterocycles. The topological polar surface area (TPSA) is 32.3 Å². The van der Waals surface area contributed by atoms with E-state index in [0.717, 1.165) is 36.8 Å². The zero-order chi connectivity index (χ0) is 19.5. The van der Waals surface area contributed by atoms with Gasteiger partial charge in [0.15, 0.2) is 0 Å². The van der Waals surface area contributed by atoms with Crippen LogP contribution in [0.25, 0.3) is 0 Å². The van der Waals surface area contributed by atoms with Crippen molar-refractivity contribution in [1.29, 1.82) is 0 Å². The Hall–Kier alpha value is -2.58. The summed E-state index contributed by atoms with van der Waals surface area (Å²) < 4.78 is 0. The first-order valence-electron chi connectivity index (χ1n) is 10.3. The number of rotatable bonds is 4. The molecule has 0 saturated heterocycles. The van der Waals surface area contributed by atoms with E-state index in [-0.39, 0.29) is 12.1 Å². The van der Waals surface area contributed by atoms with Crippen LogP contribution in [0.5, 0.6) is 5.75 Å². The number of aryl methyl sites for hydroxylation is 4. The van der Waals surface area contributed by atoms with Crippen LogP contribution in [-0.4, -0.2) is 5.11 Å². The average Bonchev–Trinajstić information content (AvgIpc) is 2.71. The lowest BCUT2D eigenvalue weighted by molar-refractivity contribution is 0.430.